The maximum absolute atomic E-state index is 12.1. The number of aromatic nitrogens is 3. The molecule has 2 aromatic heterocycles. The molecule has 0 saturated carbocycles. The Kier molecular flexibility index (Phi) is 7.08. The quantitative estimate of drug-likeness (QED) is 0.674. The SMILES string of the molecule is COCCN(C)c1nc(C2CCN(C(=O)COC)CC2)cc2c1ncn2C(C)C. The molecule has 0 aromatic carbocycles. The molecule has 8 nitrogen and oxygen atoms in total. The van der Waals surface area contributed by atoms with E-state index in [1.807, 2.05) is 18.3 Å². The molecule has 0 unspecified atom stereocenters. The lowest BCUT2D eigenvalue weighted by atomic mass is 9.92. The first-order chi connectivity index (χ1) is 14.0. The third-order valence-electron chi connectivity index (χ3n) is 5.65. The van der Waals surface area contributed by atoms with Crippen LogP contribution in [-0.4, -0.2) is 79.5 Å². The Morgan fingerprint density at radius 2 is 2.00 bits per heavy atom. The first-order valence-electron chi connectivity index (χ1n) is 10.3. The molecule has 0 radical (unpaired) electrons. The summed E-state index contributed by atoms with van der Waals surface area (Å²) >= 11 is 0. The van der Waals surface area contributed by atoms with Crippen LogP contribution in [0, 0.1) is 0 Å². The van der Waals surface area contributed by atoms with E-state index in [1.165, 1.54) is 0 Å². The number of fused-ring (bicyclic) bond motifs is 1. The number of likely N-dealkylation sites (N-methyl/N-ethyl adjacent to an activating group) is 1. The minimum atomic E-state index is 0.0623. The molecular formula is C21H33N5O3. The number of hydrogen-bond acceptors (Lipinski definition) is 6. The van der Waals surface area contributed by atoms with Crippen molar-refractivity contribution in [3.05, 3.63) is 18.1 Å². The van der Waals surface area contributed by atoms with Gasteiger partial charge in [-0.2, -0.15) is 0 Å². The van der Waals surface area contributed by atoms with E-state index in [-0.39, 0.29) is 12.5 Å². The standard InChI is InChI=1S/C21H33N5O3/c1-15(2)26-14-22-20-18(26)12-17(23-21(20)24(3)10-11-28-4)16-6-8-25(9-7-16)19(27)13-29-5/h12,14-16H,6-11,13H2,1-5H3. The lowest BCUT2D eigenvalue weighted by Crippen LogP contribution is -2.40. The minimum absolute atomic E-state index is 0.0623. The van der Waals surface area contributed by atoms with Crippen molar-refractivity contribution in [3.63, 3.8) is 0 Å². The number of piperidine rings is 1. The van der Waals surface area contributed by atoms with Gasteiger partial charge in [-0.15, -0.1) is 0 Å². The zero-order valence-electron chi connectivity index (χ0n) is 18.2. The number of methoxy groups -OCH3 is 2. The van der Waals surface area contributed by atoms with Gasteiger partial charge in [-0.05, 0) is 32.8 Å². The summed E-state index contributed by atoms with van der Waals surface area (Å²) < 4.78 is 12.4. The first-order valence-corrected chi connectivity index (χ1v) is 10.3. The third kappa shape index (κ3) is 4.70. The number of hydrogen-bond donors (Lipinski definition) is 0. The Morgan fingerprint density at radius 1 is 1.28 bits per heavy atom. The topological polar surface area (TPSA) is 72.7 Å². The van der Waals surface area contributed by atoms with Crippen molar-refractivity contribution in [2.24, 2.45) is 0 Å². The predicted molar refractivity (Wildman–Crippen MR) is 113 cm³/mol. The molecule has 2 aromatic rings. The van der Waals surface area contributed by atoms with Gasteiger partial charge in [-0.1, -0.05) is 0 Å². The number of likely N-dealkylation sites (tertiary alicyclic amines) is 1. The average molecular weight is 404 g/mol. The van der Waals surface area contributed by atoms with Crippen LogP contribution in [0.25, 0.3) is 11.0 Å². The van der Waals surface area contributed by atoms with Crippen molar-refractivity contribution in [1.82, 2.24) is 19.4 Å². The Morgan fingerprint density at radius 3 is 2.62 bits per heavy atom. The van der Waals surface area contributed by atoms with Crippen molar-refractivity contribution in [2.45, 2.75) is 38.6 Å². The van der Waals surface area contributed by atoms with Gasteiger partial charge in [-0.25, -0.2) is 9.97 Å². The van der Waals surface area contributed by atoms with Crippen LogP contribution in [-0.2, 0) is 14.3 Å². The van der Waals surface area contributed by atoms with Gasteiger partial charge in [0.25, 0.3) is 0 Å². The van der Waals surface area contributed by atoms with Crippen LogP contribution in [0.1, 0.15) is 44.3 Å². The second-order valence-corrected chi connectivity index (χ2v) is 7.99. The summed E-state index contributed by atoms with van der Waals surface area (Å²) in [5.41, 5.74) is 3.12. The number of nitrogens with zero attached hydrogens (tertiary/aromatic N) is 5. The van der Waals surface area contributed by atoms with Crippen LogP contribution in [0.5, 0.6) is 0 Å². The van der Waals surface area contributed by atoms with Gasteiger partial charge >= 0.3 is 0 Å². The number of anilines is 1. The number of carbonyl (C=O) groups excluding carboxylic acids is 1. The summed E-state index contributed by atoms with van der Waals surface area (Å²) in [4.78, 5) is 25.8. The molecule has 1 aliphatic heterocycles. The summed E-state index contributed by atoms with van der Waals surface area (Å²) in [6.07, 6.45) is 3.72. The molecule has 1 saturated heterocycles. The summed E-state index contributed by atoms with van der Waals surface area (Å²) in [5.74, 6) is 1.29. The predicted octanol–water partition coefficient (Wildman–Crippen LogP) is 2.45. The fraction of sp³-hybridized carbons (Fsp3) is 0.667. The Labute approximate surface area is 172 Å². The van der Waals surface area contributed by atoms with Gasteiger partial charge < -0.3 is 23.8 Å². The van der Waals surface area contributed by atoms with Crippen LogP contribution in [0.3, 0.4) is 0 Å². The van der Waals surface area contributed by atoms with Gasteiger partial charge in [0, 0.05) is 58.6 Å². The molecule has 1 amide bonds. The van der Waals surface area contributed by atoms with E-state index in [0.29, 0.717) is 18.6 Å². The molecule has 0 aliphatic carbocycles. The van der Waals surface area contributed by atoms with Crippen LogP contribution in [0.4, 0.5) is 5.82 Å². The van der Waals surface area contributed by atoms with Crippen molar-refractivity contribution in [3.8, 4) is 0 Å². The Bertz CT molecular complexity index is 827. The number of imidazole rings is 1. The van der Waals surface area contributed by atoms with Crippen LogP contribution < -0.4 is 4.90 Å². The van der Waals surface area contributed by atoms with Gasteiger partial charge in [0.15, 0.2) is 5.82 Å². The molecule has 29 heavy (non-hydrogen) atoms. The van der Waals surface area contributed by atoms with E-state index in [4.69, 9.17) is 14.5 Å². The zero-order valence-corrected chi connectivity index (χ0v) is 18.2. The second kappa shape index (κ2) is 9.54. The van der Waals surface area contributed by atoms with E-state index in [1.54, 1.807) is 14.2 Å². The third-order valence-corrected chi connectivity index (χ3v) is 5.65. The minimum Gasteiger partial charge on any atom is -0.383 e. The monoisotopic (exact) mass is 403 g/mol. The van der Waals surface area contributed by atoms with Crippen LogP contribution >= 0.6 is 0 Å². The average Bonchev–Trinajstić information content (AvgIpc) is 3.16. The van der Waals surface area contributed by atoms with Crippen molar-refractivity contribution in [1.29, 1.82) is 0 Å². The summed E-state index contributed by atoms with van der Waals surface area (Å²) in [7, 11) is 5.30. The molecule has 8 heteroatoms. The molecule has 160 valence electrons. The molecule has 1 aliphatic rings. The van der Waals surface area contributed by atoms with Gasteiger partial charge in [0.05, 0.1) is 18.5 Å². The van der Waals surface area contributed by atoms with E-state index < -0.39 is 0 Å². The lowest BCUT2D eigenvalue weighted by molar-refractivity contribution is -0.136. The first kappa shape index (κ1) is 21.5. The number of pyridine rings is 1. The molecule has 0 bridgehead atoms. The Hall–Kier alpha value is -2.19. The summed E-state index contributed by atoms with van der Waals surface area (Å²) in [6, 6.07) is 2.51. The van der Waals surface area contributed by atoms with Crippen LogP contribution in [0.15, 0.2) is 12.4 Å². The van der Waals surface area contributed by atoms with E-state index >= 15 is 0 Å². The van der Waals surface area contributed by atoms with Gasteiger partial charge in [-0.3, -0.25) is 4.79 Å². The maximum atomic E-state index is 12.1. The zero-order chi connectivity index (χ0) is 21.0. The van der Waals surface area contributed by atoms with E-state index in [9.17, 15) is 4.79 Å². The van der Waals surface area contributed by atoms with Crippen molar-refractivity contribution < 1.29 is 14.3 Å². The van der Waals surface area contributed by atoms with Gasteiger partial charge in [0.2, 0.25) is 5.91 Å². The number of rotatable bonds is 8. The molecular weight excluding hydrogens is 370 g/mol. The molecule has 0 N–H and O–H groups in total. The fourth-order valence-electron chi connectivity index (χ4n) is 3.89. The van der Waals surface area contributed by atoms with Crippen molar-refractivity contribution >= 4 is 22.8 Å². The molecule has 0 spiro atoms. The Balaban J connectivity index is 1.89. The smallest absolute Gasteiger partial charge is 0.248 e. The molecule has 0 atom stereocenters. The largest absolute Gasteiger partial charge is 0.383 e. The summed E-state index contributed by atoms with van der Waals surface area (Å²) in [5, 5.41) is 0. The van der Waals surface area contributed by atoms with Crippen LogP contribution in [0.2, 0.25) is 0 Å². The molecule has 3 heterocycles. The fourth-order valence-corrected chi connectivity index (χ4v) is 3.89. The van der Waals surface area contributed by atoms with Crippen molar-refractivity contribution in [2.75, 3.05) is 59.0 Å². The number of carbonyl (C=O) groups is 1. The maximum Gasteiger partial charge on any atom is 0.248 e. The number of amides is 1. The second-order valence-electron chi connectivity index (χ2n) is 7.99. The highest BCUT2D eigenvalue weighted by molar-refractivity contribution is 5.87. The highest BCUT2D eigenvalue weighted by Gasteiger charge is 2.26. The number of ether oxygens (including phenoxy) is 2. The molecule has 3 rings (SSSR count). The highest BCUT2D eigenvalue weighted by Crippen LogP contribution is 2.33. The summed E-state index contributed by atoms with van der Waals surface area (Å²) in [6.45, 7) is 7.34. The van der Waals surface area contributed by atoms with E-state index in [2.05, 4.69) is 34.4 Å². The lowest BCUT2D eigenvalue weighted by Gasteiger charge is -2.32. The van der Waals surface area contributed by atoms with Gasteiger partial charge in [0.1, 0.15) is 12.1 Å². The van der Waals surface area contributed by atoms with E-state index in [0.717, 1.165) is 55.0 Å². The normalized spacial score (nSPS) is 15.4. The highest BCUT2D eigenvalue weighted by atomic mass is 16.5. The molecule has 1 fully saturated rings.